The molecule has 1 aliphatic carbocycles. The maximum absolute atomic E-state index is 13.9. The van der Waals surface area contributed by atoms with E-state index in [0.29, 0.717) is 16.1 Å². The SMILES string of the molecule is Fc1cc(F)c(NC(c2ccccc2)C2CC2)c(Br)c1. The van der Waals surface area contributed by atoms with Gasteiger partial charge in [0.05, 0.1) is 11.7 Å². The van der Waals surface area contributed by atoms with Gasteiger partial charge in [0.1, 0.15) is 11.6 Å². The van der Waals surface area contributed by atoms with E-state index in [-0.39, 0.29) is 6.04 Å². The topological polar surface area (TPSA) is 12.0 Å². The summed E-state index contributed by atoms with van der Waals surface area (Å²) in [4.78, 5) is 0. The van der Waals surface area contributed by atoms with Crippen LogP contribution in [-0.2, 0) is 0 Å². The van der Waals surface area contributed by atoms with Gasteiger partial charge in [0.25, 0.3) is 0 Å². The summed E-state index contributed by atoms with van der Waals surface area (Å²) in [7, 11) is 0. The van der Waals surface area contributed by atoms with Crippen molar-refractivity contribution < 1.29 is 8.78 Å². The van der Waals surface area contributed by atoms with Crippen molar-refractivity contribution in [1.82, 2.24) is 0 Å². The zero-order chi connectivity index (χ0) is 14.1. The van der Waals surface area contributed by atoms with Crippen LogP contribution in [0.2, 0.25) is 0 Å². The number of halogens is 3. The molecule has 1 N–H and O–H groups in total. The Morgan fingerprint density at radius 2 is 1.80 bits per heavy atom. The van der Waals surface area contributed by atoms with Crippen LogP contribution in [0, 0.1) is 17.6 Å². The smallest absolute Gasteiger partial charge is 0.150 e. The number of hydrogen-bond acceptors (Lipinski definition) is 1. The third-order valence-electron chi connectivity index (χ3n) is 3.56. The molecule has 0 heterocycles. The van der Waals surface area contributed by atoms with Crippen LogP contribution in [0.1, 0.15) is 24.4 Å². The molecule has 0 spiro atoms. The van der Waals surface area contributed by atoms with Gasteiger partial charge in [-0.25, -0.2) is 8.78 Å². The summed E-state index contributed by atoms with van der Waals surface area (Å²) < 4.78 is 27.5. The zero-order valence-electron chi connectivity index (χ0n) is 10.7. The predicted octanol–water partition coefficient (Wildman–Crippen LogP) is 5.29. The number of hydrogen-bond donors (Lipinski definition) is 1. The summed E-state index contributed by atoms with van der Waals surface area (Å²) in [5.41, 5.74) is 1.46. The van der Waals surface area contributed by atoms with E-state index in [4.69, 9.17) is 0 Å². The van der Waals surface area contributed by atoms with Crippen LogP contribution in [0.25, 0.3) is 0 Å². The van der Waals surface area contributed by atoms with E-state index in [1.54, 1.807) is 0 Å². The molecule has 1 atom stereocenters. The number of anilines is 1. The second-order valence-corrected chi connectivity index (χ2v) is 5.97. The van der Waals surface area contributed by atoms with Crippen molar-refractivity contribution in [2.24, 2.45) is 5.92 Å². The van der Waals surface area contributed by atoms with Gasteiger partial charge in [0.2, 0.25) is 0 Å². The second kappa shape index (κ2) is 5.52. The molecule has 1 fully saturated rings. The van der Waals surface area contributed by atoms with Crippen molar-refractivity contribution in [3.63, 3.8) is 0 Å². The van der Waals surface area contributed by atoms with Crippen molar-refractivity contribution in [3.05, 3.63) is 64.1 Å². The van der Waals surface area contributed by atoms with Gasteiger partial charge in [-0.1, -0.05) is 30.3 Å². The molecule has 0 bridgehead atoms. The summed E-state index contributed by atoms with van der Waals surface area (Å²) in [5.74, 6) is -0.644. The number of benzene rings is 2. The average molecular weight is 338 g/mol. The maximum Gasteiger partial charge on any atom is 0.150 e. The minimum atomic E-state index is -0.581. The lowest BCUT2D eigenvalue weighted by atomic mass is 10.0. The largest absolute Gasteiger partial charge is 0.375 e. The van der Waals surface area contributed by atoms with Gasteiger partial charge in [-0.2, -0.15) is 0 Å². The van der Waals surface area contributed by atoms with Crippen LogP contribution < -0.4 is 5.32 Å². The second-order valence-electron chi connectivity index (χ2n) is 5.11. The monoisotopic (exact) mass is 337 g/mol. The molecule has 1 aliphatic rings. The minimum absolute atomic E-state index is 0.0625. The van der Waals surface area contributed by atoms with E-state index in [0.717, 1.165) is 24.5 Å². The lowest BCUT2D eigenvalue weighted by molar-refractivity contribution is 0.578. The van der Waals surface area contributed by atoms with Crippen LogP contribution >= 0.6 is 15.9 Å². The Labute approximate surface area is 125 Å². The van der Waals surface area contributed by atoms with Crippen LogP contribution in [0.3, 0.4) is 0 Å². The van der Waals surface area contributed by atoms with E-state index in [9.17, 15) is 8.78 Å². The molecule has 0 aliphatic heterocycles. The first-order chi connectivity index (χ1) is 9.65. The molecule has 2 aromatic rings. The Morgan fingerprint density at radius 3 is 2.40 bits per heavy atom. The molecule has 4 heteroatoms. The summed E-state index contributed by atoms with van der Waals surface area (Å²) in [6.45, 7) is 0. The van der Waals surface area contributed by atoms with Crippen LogP contribution in [0.5, 0.6) is 0 Å². The number of nitrogens with one attached hydrogen (secondary N) is 1. The van der Waals surface area contributed by atoms with Crippen molar-refractivity contribution in [2.75, 3.05) is 5.32 Å². The lowest BCUT2D eigenvalue weighted by Crippen LogP contribution is -2.14. The molecule has 1 saturated carbocycles. The number of rotatable bonds is 4. The highest BCUT2D eigenvalue weighted by molar-refractivity contribution is 9.10. The van der Waals surface area contributed by atoms with E-state index < -0.39 is 11.6 Å². The van der Waals surface area contributed by atoms with Crippen molar-refractivity contribution in [2.45, 2.75) is 18.9 Å². The van der Waals surface area contributed by atoms with E-state index >= 15 is 0 Å². The fraction of sp³-hybridized carbons (Fsp3) is 0.250. The Balaban J connectivity index is 1.92. The molecule has 1 unspecified atom stereocenters. The fourth-order valence-corrected chi connectivity index (χ4v) is 2.92. The van der Waals surface area contributed by atoms with Crippen LogP contribution in [0.4, 0.5) is 14.5 Å². The third kappa shape index (κ3) is 2.85. The summed E-state index contributed by atoms with van der Waals surface area (Å²) >= 11 is 3.23. The van der Waals surface area contributed by atoms with Crippen LogP contribution in [-0.4, -0.2) is 0 Å². The lowest BCUT2D eigenvalue weighted by Gasteiger charge is -2.21. The molecule has 104 valence electrons. The highest BCUT2D eigenvalue weighted by atomic mass is 79.9. The Kier molecular flexibility index (Phi) is 3.74. The van der Waals surface area contributed by atoms with E-state index in [2.05, 4.69) is 21.2 Å². The molecule has 2 aromatic carbocycles. The highest BCUT2D eigenvalue weighted by Gasteiger charge is 2.33. The van der Waals surface area contributed by atoms with Crippen molar-refractivity contribution in [1.29, 1.82) is 0 Å². The zero-order valence-corrected chi connectivity index (χ0v) is 12.3. The summed E-state index contributed by atoms with van der Waals surface area (Å²) in [6.07, 6.45) is 2.26. The van der Waals surface area contributed by atoms with Crippen LogP contribution in [0.15, 0.2) is 46.9 Å². The maximum atomic E-state index is 13.9. The highest BCUT2D eigenvalue weighted by Crippen LogP contribution is 2.44. The molecule has 3 rings (SSSR count). The Hall–Kier alpha value is -1.42. The molecule has 1 nitrogen and oxygen atoms in total. The molecule has 0 saturated heterocycles. The summed E-state index contributed by atoms with van der Waals surface area (Å²) in [6, 6.07) is 12.2. The molecule has 0 amide bonds. The molecular formula is C16H14BrF2N. The normalized spacial score (nSPS) is 15.9. The van der Waals surface area contributed by atoms with Gasteiger partial charge < -0.3 is 5.32 Å². The first kappa shape index (κ1) is 13.6. The van der Waals surface area contributed by atoms with E-state index in [1.807, 2.05) is 30.3 Å². The molecule has 20 heavy (non-hydrogen) atoms. The van der Waals surface area contributed by atoms with E-state index in [1.165, 1.54) is 6.07 Å². The Morgan fingerprint density at radius 1 is 1.10 bits per heavy atom. The molecule has 0 aromatic heterocycles. The predicted molar refractivity (Wildman–Crippen MR) is 79.6 cm³/mol. The molecule has 0 radical (unpaired) electrons. The molecular weight excluding hydrogens is 324 g/mol. The van der Waals surface area contributed by atoms with Crippen molar-refractivity contribution >= 4 is 21.6 Å². The third-order valence-corrected chi connectivity index (χ3v) is 4.18. The standard InChI is InChI=1S/C16H14BrF2N/c17-13-8-12(18)9-14(19)16(13)20-15(11-6-7-11)10-4-2-1-3-5-10/h1-5,8-9,11,15,20H,6-7H2. The van der Waals surface area contributed by atoms with Gasteiger partial charge in [0, 0.05) is 10.5 Å². The van der Waals surface area contributed by atoms with Gasteiger partial charge in [-0.15, -0.1) is 0 Å². The first-order valence-electron chi connectivity index (χ1n) is 6.61. The fourth-order valence-electron chi connectivity index (χ4n) is 2.40. The summed E-state index contributed by atoms with van der Waals surface area (Å²) in [5, 5.41) is 3.23. The quantitative estimate of drug-likeness (QED) is 0.799. The van der Waals surface area contributed by atoms with Gasteiger partial charge in [-0.3, -0.25) is 0 Å². The van der Waals surface area contributed by atoms with Gasteiger partial charge >= 0.3 is 0 Å². The average Bonchev–Trinajstić information content (AvgIpc) is 3.23. The first-order valence-corrected chi connectivity index (χ1v) is 7.40. The Bertz CT molecular complexity index is 588. The minimum Gasteiger partial charge on any atom is -0.375 e. The van der Waals surface area contributed by atoms with Gasteiger partial charge in [0.15, 0.2) is 0 Å². The van der Waals surface area contributed by atoms with Crippen molar-refractivity contribution in [3.8, 4) is 0 Å². The van der Waals surface area contributed by atoms with Gasteiger partial charge in [-0.05, 0) is 46.3 Å².